The van der Waals surface area contributed by atoms with Gasteiger partial charge in [0, 0.05) is 39.5 Å². The van der Waals surface area contributed by atoms with Gasteiger partial charge < -0.3 is 14.0 Å². The molecule has 0 saturated heterocycles. The summed E-state index contributed by atoms with van der Waals surface area (Å²) in [6.45, 7) is 2.93. The number of nitrogens with zero attached hydrogens (tertiary/aromatic N) is 4. The maximum atomic E-state index is 12.6. The molecule has 0 bridgehead atoms. The summed E-state index contributed by atoms with van der Waals surface area (Å²) in [5.74, 6) is 0.984. The van der Waals surface area contributed by atoms with Gasteiger partial charge in [0.2, 0.25) is 0 Å². The number of esters is 1. The SMILES string of the molecule is CCOC(=O)c1cc2cc(OCc3c(Cl)cccc3Cl)ccc2n1CCCc1nnn[nH]1. The van der Waals surface area contributed by atoms with Crippen molar-refractivity contribution in [1.82, 2.24) is 25.2 Å². The first-order valence-electron chi connectivity index (χ1n) is 10.2. The summed E-state index contributed by atoms with van der Waals surface area (Å²) < 4.78 is 13.1. The molecule has 0 saturated carbocycles. The molecule has 0 aliphatic heterocycles. The highest BCUT2D eigenvalue weighted by atomic mass is 35.5. The number of aromatic nitrogens is 5. The second-order valence-electron chi connectivity index (χ2n) is 7.06. The van der Waals surface area contributed by atoms with Gasteiger partial charge in [-0.3, -0.25) is 0 Å². The minimum absolute atomic E-state index is 0.237. The summed E-state index contributed by atoms with van der Waals surface area (Å²) in [5.41, 5.74) is 2.12. The van der Waals surface area contributed by atoms with Gasteiger partial charge in [0.25, 0.3) is 0 Å². The number of aryl methyl sites for hydroxylation is 2. The van der Waals surface area contributed by atoms with Crippen LogP contribution in [0.15, 0.2) is 42.5 Å². The zero-order chi connectivity index (χ0) is 22.5. The van der Waals surface area contributed by atoms with Crippen molar-refractivity contribution in [1.29, 1.82) is 0 Å². The summed E-state index contributed by atoms with van der Waals surface area (Å²) in [5, 5.41) is 15.8. The fourth-order valence-corrected chi connectivity index (χ4v) is 3.98. The van der Waals surface area contributed by atoms with Crippen molar-refractivity contribution in [3.8, 4) is 5.75 Å². The Morgan fingerprint density at radius 3 is 2.69 bits per heavy atom. The lowest BCUT2D eigenvalue weighted by Gasteiger charge is -2.11. The van der Waals surface area contributed by atoms with E-state index in [0.717, 1.165) is 22.9 Å². The first kappa shape index (κ1) is 22.1. The molecule has 32 heavy (non-hydrogen) atoms. The number of tetrazole rings is 1. The number of ether oxygens (including phenoxy) is 2. The first-order chi connectivity index (χ1) is 15.6. The summed E-state index contributed by atoms with van der Waals surface area (Å²) in [7, 11) is 0. The van der Waals surface area contributed by atoms with E-state index in [2.05, 4.69) is 20.6 Å². The second-order valence-corrected chi connectivity index (χ2v) is 7.88. The quantitative estimate of drug-likeness (QED) is 0.349. The highest BCUT2D eigenvalue weighted by molar-refractivity contribution is 6.35. The van der Waals surface area contributed by atoms with E-state index >= 15 is 0 Å². The van der Waals surface area contributed by atoms with Crippen LogP contribution in [0.4, 0.5) is 0 Å². The second kappa shape index (κ2) is 10.0. The number of fused-ring (bicyclic) bond motifs is 1. The Morgan fingerprint density at radius 2 is 1.97 bits per heavy atom. The molecule has 0 atom stereocenters. The van der Waals surface area contributed by atoms with Crippen molar-refractivity contribution in [2.24, 2.45) is 0 Å². The third-order valence-electron chi connectivity index (χ3n) is 4.99. The summed E-state index contributed by atoms with van der Waals surface area (Å²) in [4.78, 5) is 12.6. The van der Waals surface area contributed by atoms with Crippen LogP contribution in [0.1, 0.15) is 35.2 Å². The van der Waals surface area contributed by atoms with E-state index in [0.29, 0.717) is 46.9 Å². The van der Waals surface area contributed by atoms with Crippen LogP contribution in [-0.4, -0.2) is 37.8 Å². The summed E-state index contributed by atoms with van der Waals surface area (Å²) in [6, 6.07) is 12.8. The van der Waals surface area contributed by atoms with E-state index in [1.54, 1.807) is 25.1 Å². The van der Waals surface area contributed by atoms with Crippen molar-refractivity contribution < 1.29 is 14.3 Å². The number of aromatic amines is 1. The van der Waals surface area contributed by atoms with Crippen LogP contribution in [-0.2, 0) is 24.3 Å². The van der Waals surface area contributed by atoms with Gasteiger partial charge in [0.15, 0.2) is 0 Å². The highest BCUT2D eigenvalue weighted by Crippen LogP contribution is 2.29. The topological polar surface area (TPSA) is 94.9 Å². The lowest BCUT2D eigenvalue weighted by Crippen LogP contribution is -2.12. The Bertz CT molecular complexity index is 1200. The van der Waals surface area contributed by atoms with Crippen LogP contribution in [0.25, 0.3) is 10.9 Å². The Kier molecular flexibility index (Phi) is 6.92. The number of carbonyl (C=O) groups is 1. The van der Waals surface area contributed by atoms with Crippen LogP contribution < -0.4 is 4.74 Å². The lowest BCUT2D eigenvalue weighted by molar-refractivity contribution is 0.0514. The Labute approximate surface area is 194 Å². The standard InChI is InChI=1S/C22H21Cl2N5O3/c1-2-31-22(30)20-12-14-11-15(32-13-16-17(23)5-3-6-18(16)24)8-9-19(14)29(20)10-4-7-21-25-27-28-26-21/h3,5-6,8-9,11-12H,2,4,7,10,13H2,1H3,(H,25,26,27,28). The van der Waals surface area contributed by atoms with Crippen molar-refractivity contribution in [2.45, 2.75) is 32.9 Å². The molecule has 2 heterocycles. The molecule has 0 aliphatic carbocycles. The minimum Gasteiger partial charge on any atom is -0.489 e. The zero-order valence-electron chi connectivity index (χ0n) is 17.3. The number of H-pyrrole nitrogens is 1. The third kappa shape index (κ3) is 4.87. The highest BCUT2D eigenvalue weighted by Gasteiger charge is 2.17. The van der Waals surface area contributed by atoms with Crippen LogP contribution >= 0.6 is 23.2 Å². The molecule has 0 fully saturated rings. The number of carbonyl (C=O) groups excluding carboxylic acids is 1. The van der Waals surface area contributed by atoms with Crippen LogP contribution in [0.5, 0.6) is 5.75 Å². The Hall–Kier alpha value is -3.10. The van der Waals surface area contributed by atoms with Gasteiger partial charge in [-0.15, -0.1) is 5.10 Å². The van der Waals surface area contributed by atoms with Gasteiger partial charge in [0.05, 0.1) is 6.61 Å². The van der Waals surface area contributed by atoms with Gasteiger partial charge in [0.1, 0.15) is 23.9 Å². The average Bonchev–Trinajstić information content (AvgIpc) is 3.41. The molecule has 2 aromatic carbocycles. The molecule has 1 N–H and O–H groups in total. The fourth-order valence-electron chi connectivity index (χ4n) is 3.47. The van der Waals surface area contributed by atoms with Gasteiger partial charge in [-0.2, -0.15) is 0 Å². The van der Waals surface area contributed by atoms with Gasteiger partial charge >= 0.3 is 5.97 Å². The van der Waals surface area contributed by atoms with Gasteiger partial charge in [-0.25, -0.2) is 9.89 Å². The molecule has 0 amide bonds. The van der Waals surface area contributed by atoms with E-state index in [-0.39, 0.29) is 12.6 Å². The molecule has 10 heteroatoms. The first-order valence-corrected chi connectivity index (χ1v) is 10.9. The van der Waals surface area contributed by atoms with Crippen LogP contribution in [0, 0.1) is 0 Å². The normalized spacial score (nSPS) is 11.1. The number of hydrogen-bond acceptors (Lipinski definition) is 6. The molecule has 0 radical (unpaired) electrons. The smallest absolute Gasteiger partial charge is 0.354 e. The third-order valence-corrected chi connectivity index (χ3v) is 5.69. The largest absolute Gasteiger partial charge is 0.489 e. The van der Waals surface area contributed by atoms with Gasteiger partial charge in [-0.05, 0) is 60.2 Å². The summed E-state index contributed by atoms with van der Waals surface area (Å²) in [6.07, 6.45) is 1.41. The number of halogens is 2. The Balaban J connectivity index is 1.57. The van der Waals surface area contributed by atoms with Gasteiger partial charge in [-0.1, -0.05) is 29.3 Å². The molecule has 0 spiro atoms. The van der Waals surface area contributed by atoms with Crippen molar-refractivity contribution in [3.63, 3.8) is 0 Å². The van der Waals surface area contributed by atoms with E-state index in [1.807, 2.05) is 28.8 Å². The molecule has 0 unspecified atom stereocenters. The average molecular weight is 474 g/mol. The molecular weight excluding hydrogens is 453 g/mol. The minimum atomic E-state index is -0.365. The maximum Gasteiger partial charge on any atom is 0.354 e. The molecule has 8 nitrogen and oxygen atoms in total. The fraction of sp³-hybridized carbons (Fsp3) is 0.273. The molecule has 0 aliphatic rings. The van der Waals surface area contributed by atoms with E-state index < -0.39 is 0 Å². The molecule has 4 aromatic rings. The summed E-state index contributed by atoms with van der Waals surface area (Å²) >= 11 is 12.5. The van der Waals surface area contributed by atoms with Crippen molar-refractivity contribution in [3.05, 3.63) is 69.6 Å². The van der Waals surface area contributed by atoms with Crippen molar-refractivity contribution in [2.75, 3.05) is 6.61 Å². The van der Waals surface area contributed by atoms with E-state index in [4.69, 9.17) is 32.7 Å². The number of nitrogens with one attached hydrogen (secondary N) is 1. The Morgan fingerprint density at radius 1 is 1.16 bits per heavy atom. The van der Waals surface area contributed by atoms with Crippen LogP contribution in [0.3, 0.4) is 0 Å². The monoisotopic (exact) mass is 473 g/mol. The van der Waals surface area contributed by atoms with E-state index in [9.17, 15) is 4.79 Å². The predicted octanol–water partition coefficient (Wildman–Crippen LogP) is 4.85. The number of hydrogen-bond donors (Lipinski definition) is 1. The lowest BCUT2D eigenvalue weighted by atomic mass is 10.2. The molecule has 4 rings (SSSR count). The number of rotatable bonds is 9. The molecular formula is C22H21Cl2N5O3. The molecule has 166 valence electrons. The predicted molar refractivity (Wildman–Crippen MR) is 121 cm³/mol. The van der Waals surface area contributed by atoms with E-state index in [1.165, 1.54) is 0 Å². The van der Waals surface area contributed by atoms with Crippen molar-refractivity contribution >= 4 is 40.1 Å². The molecule has 2 aromatic heterocycles. The number of benzene rings is 2. The van der Waals surface area contributed by atoms with Crippen LogP contribution in [0.2, 0.25) is 10.0 Å². The maximum absolute atomic E-state index is 12.6. The zero-order valence-corrected chi connectivity index (χ0v) is 18.9.